The van der Waals surface area contributed by atoms with Crippen molar-refractivity contribution in [3.63, 3.8) is 0 Å². The summed E-state index contributed by atoms with van der Waals surface area (Å²) >= 11 is 0. The minimum atomic E-state index is -4.32. The summed E-state index contributed by atoms with van der Waals surface area (Å²) in [6.07, 6.45) is -7.00. The molecule has 1 atom stereocenters. The fourth-order valence-corrected chi connectivity index (χ4v) is 6.40. The topological polar surface area (TPSA) is 18.5 Å². The predicted octanol–water partition coefficient (Wildman–Crippen LogP) is 13.7. The van der Waals surface area contributed by atoms with E-state index in [1.165, 1.54) is 0 Å². The monoisotopic (exact) mass is 743 g/mol. The number of halogens is 6. The lowest BCUT2D eigenvalue weighted by atomic mass is 9.80. The van der Waals surface area contributed by atoms with Crippen molar-refractivity contribution in [1.82, 2.24) is 0 Å². The summed E-state index contributed by atoms with van der Waals surface area (Å²) < 4.78 is 77.8. The molecule has 1 unspecified atom stereocenters. The lowest BCUT2D eigenvalue weighted by Gasteiger charge is -2.28. The van der Waals surface area contributed by atoms with Crippen LogP contribution in [0.3, 0.4) is 0 Å². The maximum atomic E-state index is 13.0. The van der Waals surface area contributed by atoms with Crippen molar-refractivity contribution < 1.29 is 26.3 Å². The molecule has 3 nitrogen and oxygen atoms in total. The summed E-state index contributed by atoms with van der Waals surface area (Å²) in [5.41, 5.74) is 6.94. The van der Waals surface area contributed by atoms with Gasteiger partial charge in [-0.1, -0.05) is 74.5 Å². The number of alkyl halides is 6. The second-order valence-corrected chi connectivity index (χ2v) is 12.6. The highest BCUT2D eigenvalue weighted by Gasteiger charge is 2.29. The highest BCUT2D eigenvalue weighted by molar-refractivity contribution is 5.97. The van der Waals surface area contributed by atoms with Gasteiger partial charge in [0, 0.05) is 73.9 Å². The summed E-state index contributed by atoms with van der Waals surface area (Å²) in [5, 5.41) is 5.67. The largest absolute Gasteiger partial charge is 0.389 e. The third kappa shape index (κ3) is 14.0. The first-order chi connectivity index (χ1) is 25.3. The third-order valence-corrected chi connectivity index (χ3v) is 9.03. The van der Waals surface area contributed by atoms with Crippen LogP contribution in [0.25, 0.3) is 10.8 Å². The van der Waals surface area contributed by atoms with Crippen molar-refractivity contribution in [1.29, 1.82) is 0 Å². The summed E-state index contributed by atoms with van der Waals surface area (Å²) in [7, 11) is 0. The van der Waals surface area contributed by atoms with Crippen molar-refractivity contribution in [2.45, 2.75) is 99.3 Å². The van der Waals surface area contributed by atoms with Crippen LogP contribution < -0.4 is 15.1 Å². The average Bonchev–Trinajstić information content (AvgIpc) is 3.13. The molecule has 0 spiro atoms. The summed E-state index contributed by atoms with van der Waals surface area (Å²) in [6, 6.07) is 26.8. The lowest BCUT2D eigenvalue weighted by molar-refractivity contribution is -0.135. The Morgan fingerprint density at radius 1 is 0.642 bits per heavy atom. The van der Waals surface area contributed by atoms with Gasteiger partial charge in [0.15, 0.2) is 0 Å². The van der Waals surface area contributed by atoms with Crippen LogP contribution in [0.15, 0.2) is 91.0 Å². The average molecular weight is 744 g/mol. The molecule has 0 fully saturated rings. The van der Waals surface area contributed by atoms with Crippen molar-refractivity contribution in [2.24, 2.45) is 0 Å². The van der Waals surface area contributed by atoms with Crippen LogP contribution in [-0.2, 0) is 0 Å². The Labute approximate surface area is 314 Å². The molecule has 4 aromatic carbocycles. The molecule has 0 amide bonds. The van der Waals surface area contributed by atoms with Gasteiger partial charge in [0.25, 0.3) is 0 Å². The van der Waals surface area contributed by atoms with Gasteiger partial charge < -0.3 is 15.1 Å². The summed E-state index contributed by atoms with van der Waals surface area (Å²) in [6.45, 7) is 18.9. The Hall–Kier alpha value is -4.14. The van der Waals surface area contributed by atoms with Gasteiger partial charge in [-0.2, -0.15) is 26.3 Å². The summed E-state index contributed by atoms with van der Waals surface area (Å²) in [4.78, 5) is 3.94. The molecular formula is C44H59F6N3. The molecule has 0 saturated carbocycles. The molecule has 0 bridgehead atoms. The molecule has 4 rings (SSSR count). The first-order valence-corrected chi connectivity index (χ1v) is 18.9. The molecule has 53 heavy (non-hydrogen) atoms. The SMILES string of the molecule is C/C=C\C.CC.CCNc1ccc(C(c2ccc(N(CC)CC)cc2)c2ccc(N(CCCC(F)(F)F)CCCC(F)(F)F)cc2C)c2ccccc12. The smallest absolute Gasteiger partial charge is 0.385 e. The van der Waals surface area contributed by atoms with Gasteiger partial charge in [0.05, 0.1) is 0 Å². The van der Waals surface area contributed by atoms with E-state index in [2.05, 4.69) is 79.5 Å². The third-order valence-electron chi connectivity index (χ3n) is 9.03. The second-order valence-electron chi connectivity index (χ2n) is 12.6. The number of aryl methyl sites for hydroxylation is 1. The van der Waals surface area contributed by atoms with E-state index in [0.29, 0.717) is 5.69 Å². The molecule has 0 aromatic heterocycles. The Morgan fingerprint density at radius 3 is 1.62 bits per heavy atom. The van der Waals surface area contributed by atoms with Gasteiger partial charge in [-0.25, -0.2) is 0 Å². The number of hydrogen-bond donors (Lipinski definition) is 1. The highest BCUT2D eigenvalue weighted by Crippen LogP contribution is 2.41. The molecule has 0 aliphatic rings. The van der Waals surface area contributed by atoms with Crippen LogP contribution in [0, 0.1) is 6.92 Å². The zero-order valence-corrected chi connectivity index (χ0v) is 32.8. The van der Waals surface area contributed by atoms with Crippen molar-refractivity contribution in [2.75, 3.05) is 47.8 Å². The van der Waals surface area contributed by atoms with E-state index in [1.54, 1.807) is 4.90 Å². The van der Waals surface area contributed by atoms with E-state index in [0.717, 1.165) is 64.0 Å². The number of allylic oxidation sites excluding steroid dienone is 2. The fraction of sp³-hybridized carbons (Fsp3) is 0.455. The number of nitrogens with zero attached hydrogens (tertiary/aromatic N) is 2. The minimum Gasteiger partial charge on any atom is -0.385 e. The van der Waals surface area contributed by atoms with Crippen molar-refractivity contribution >= 4 is 27.8 Å². The van der Waals surface area contributed by atoms with E-state index in [9.17, 15) is 26.3 Å². The number of anilines is 3. The zero-order chi connectivity index (χ0) is 39.6. The molecule has 0 heterocycles. The van der Waals surface area contributed by atoms with E-state index >= 15 is 0 Å². The van der Waals surface area contributed by atoms with Crippen LogP contribution in [0.1, 0.15) is 102 Å². The quantitative estimate of drug-likeness (QED) is 0.0743. The predicted molar refractivity (Wildman–Crippen MR) is 215 cm³/mol. The first-order valence-electron chi connectivity index (χ1n) is 18.9. The van der Waals surface area contributed by atoms with Crippen molar-refractivity contribution in [3.05, 3.63) is 113 Å². The van der Waals surface area contributed by atoms with Gasteiger partial charge in [0.2, 0.25) is 0 Å². The highest BCUT2D eigenvalue weighted by atomic mass is 19.4. The Kier molecular flexibility index (Phi) is 18.8. The lowest BCUT2D eigenvalue weighted by Crippen LogP contribution is -2.28. The number of hydrogen-bond acceptors (Lipinski definition) is 3. The minimum absolute atomic E-state index is 0.0168. The molecule has 4 aromatic rings. The van der Waals surface area contributed by atoms with E-state index in [-0.39, 0.29) is 31.8 Å². The first kappa shape index (κ1) is 45.0. The Morgan fingerprint density at radius 2 is 1.15 bits per heavy atom. The molecule has 1 N–H and O–H groups in total. The fourth-order valence-electron chi connectivity index (χ4n) is 6.40. The zero-order valence-electron chi connectivity index (χ0n) is 32.8. The standard InChI is InChI=1S/C38H45F6N3.C4H8.C2H6/c1-5-45-35-21-20-34(32-12-8-9-13-33(32)35)36(28-14-16-29(17-15-28)46(6-2)7-3)31-19-18-30(26-27(31)4)47(24-10-22-37(39,40)41)25-11-23-38(42,43)44;1-3-4-2;1-2/h8-9,12-21,26,36,45H,5-7,10-11,22-25H2,1-4H3;3-4H,1-2H3;1-2H3/b;4-3-;. The second kappa shape index (κ2) is 22.2. The van der Waals surface area contributed by atoms with Crippen LogP contribution >= 0.6 is 0 Å². The van der Waals surface area contributed by atoms with Gasteiger partial charge in [-0.15, -0.1) is 0 Å². The van der Waals surface area contributed by atoms with Crippen LogP contribution in [-0.4, -0.2) is 45.1 Å². The van der Waals surface area contributed by atoms with E-state index in [4.69, 9.17) is 0 Å². The maximum Gasteiger partial charge on any atom is 0.389 e. The number of benzene rings is 4. The van der Waals surface area contributed by atoms with Gasteiger partial charge in [-0.3, -0.25) is 0 Å². The van der Waals surface area contributed by atoms with Crippen molar-refractivity contribution in [3.8, 4) is 0 Å². The van der Waals surface area contributed by atoms with E-state index in [1.807, 2.05) is 77.1 Å². The number of nitrogens with one attached hydrogen (secondary N) is 1. The van der Waals surface area contributed by atoms with Gasteiger partial charge in [-0.05, 0) is 112 Å². The van der Waals surface area contributed by atoms with Crippen LogP contribution in [0.4, 0.5) is 43.4 Å². The molecule has 9 heteroatoms. The summed E-state index contributed by atoms with van der Waals surface area (Å²) in [5.74, 6) is -0.167. The molecule has 0 aliphatic heterocycles. The molecule has 0 aliphatic carbocycles. The number of fused-ring (bicyclic) bond motifs is 1. The van der Waals surface area contributed by atoms with Crippen LogP contribution in [0.5, 0.6) is 0 Å². The van der Waals surface area contributed by atoms with Gasteiger partial charge >= 0.3 is 12.4 Å². The Balaban J connectivity index is 0.00000151. The maximum absolute atomic E-state index is 13.0. The molecule has 292 valence electrons. The van der Waals surface area contributed by atoms with Gasteiger partial charge in [0.1, 0.15) is 0 Å². The normalized spacial score (nSPS) is 12.1. The van der Waals surface area contributed by atoms with E-state index < -0.39 is 25.2 Å². The Bertz CT molecular complexity index is 1630. The molecule has 0 radical (unpaired) electrons. The molecular weight excluding hydrogens is 684 g/mol. The van der Waals surface area contributed by atoms with Crippen LogP contribution in [0.2, 0.25) is 0 Å². The molecule has 0 saturated heterocycles. The number of rotatable bonds is 15.